The summed E-state index contributed by atoms with van der Waals surface area (Å²) in [7, 11) is 1.79. The van der Waals surface area contributed by atoms with Crippen molar-refractivity contribution >= 4 is 40.6 Å². The number of rotatable bonds is 6. The average Bonchev–Trinajstić information content (AvgIpc) is 3.51. The molecule has 0 radical (unpaired) electrons. The van der Waals surface area contributed by atoms with Crippen LogP contribution in [0.15, 0.2) is 65.8 Å². The SMILES string of the molecule is Cc1c(Cl)cccc1[C@H]1[C@H](C(=O)Nc2ccc(C3=NNN(C)N3)cc2)N[C@@H](CC(C)(C)C)[C@]1(C#N)c1ccc(Cl)cc1F. The maximum absolute atomic E-state index is 15.9. The van der Waals surface area contributed by atoms with Gasteiger partial charge in [0, 0.05) is 45.9 Å². The molecular formula is C32H34Cl2FN7O. The number of hydrazone groups is 1. The summed E-state index contributed by atoms with van der Waals surface area (Å²) in [6.07, 6.45) is 0.495. The minimum absolute atomic E-state index is 0.189. The van der Waals surface area contributed by atoms with Crippen LogP contribution >= 0.6 is 23.2 Å². The third-order valence-corrected chi connectivity index (χ3v) is 8.72. The number of hydrogen-bond donors (Lipinski definition) is 4. The summed E-state index contributed by atoms with van der Waals surface area (Å²) >= 11 is 12.7. The van der Waals surface area contributed by atoms with Gasteiger partial charge in [0.2, 0.25) is 5.91 Å². The van der Waals surface area contributed by atoms with Crippen LogP contribution in [0.4, 0.5) is 10.1 Å². The predicted molar refractivity (Wildman–Crippen MR) is 168 cm³/mol. The summed E-state index contributed by atoms with van der Waals surface area (Å²) in [5, 5.41) is 24.1. The number of carbonyl (C=O) groups is 1. The molecular weight excluding hydrogens is 588 g/mol. The van der Waals surface area contributed by atoms with Crippen molar-refractivity contribution in [1.29, 1.82) is 5.26 Å². The lowest BCUT2D eigenvalue weighted by molar-refractivity contribution is -0.118. The lowest BCUT2D eigenvalue weighted by Crippen LogP contribution is -2.44. The van der Waals surface area contributed by atoms with E-state index in [-0.39, 0.29) is 21.9 Å². The Kier molecular flexibility index (Phi) is 8.43. The van der Waals surface area contributed by atoms with Gasteiger partial charge in [-0.2, -0.15) is 5.26 Å². The first-order valence-corrected chi connectivity index (χ1v) is 14.7. The van der Waals surface area contributed by atoms with Gasteiger partial charge in [-0.3, -0.25) is 10.2 Å². The van der Waals surface area contributed by atoms with Crippen molar-refractivity contribution in [2.45, 2.75) is 57.5 Å². The molecule has 2 heterocycles. The highest BCUT2D eigenvalue weighted by Gasteiger charge is 2.60. The van der Waals surface area contributed by atoms with Gasteiger partial charge in [0.25, 0.3) is 0 Å². The smallest absolute Gasteiger partial charge is 0.242 e. The fourth-order valence-corrected chi connectivity index (χ4v) is 6.49. The van der Waals surface area contributed by atoms with Crippen LogP contribution in [0.25, 0.3) is 0 Å². The first kappa shape index (κ1) is 30.8. The Morgan fingerprint density at radius 1 is 1.16 bits per heavy atom. The topological polar surface area (TPSA) is 105 Å². The highest BCUT2D eigenvalue weighted by molar-refractivity contribution is 6.31. The van der Waals surface area contributed by atoms with E-state index in [0.717, 1.165) is 11.1 Å². The molecule has 1 fully saturated rings. The van der Waals surface area contributed by atoms with Crippen LogP contribution < -0.4 is 21.6 Å². The second-order valence-electron chi connectivity index (χ2n) is 12.3. The molecule has 11 heteroatoms. The van der Waals surface area contributed by atoms with E-state index in [1.54, 1.807) is 48.6 Å². The van der Waals surface area contributed by atoms with Gasteiger partial charge >= 0.3 is 0 Å². The number of amides is 1. The van der Waals surface area contributed by atoms with Crippen molar-refractivity contribution in [2.75, 3.05) is 12.4 Å². The zero-order valence-corrected chi connectivity index (χ0v) is 26.1. The second-order valence-corrected chi connectivity index (χ2v) is 13.1. The van der Waals surface area contributed by atoms with Gasteiger partial charge in [0.15, 0.2) is 5.84 Å². The fraction of sp³-hybridized carbons (Fsp3) is 0.344. The number of amidine groups is 1. The maximum atomic E-state index is 15.9. The minimum Gasteiger partial charge on any atom is -0.325 e. The molecule has 3 aromatic rings. The Bertz CT molecular complexity index is 1620. The molecule has 224 valence electrons. The Morgan fingerprint density at radius 3 is 2.49 bits per heavy atom. The van der Waals surface area contributed by atoms with Crippen molar-refractivity contribution in [2.24, 2.45) is 10.5 Å². The number of nitrogens with one attached hydrogen (secondary N) is 4. The summed E-state index contributed by atoms with van der Waals surface area (Å²) in [6, 6.07) is 18.1. The van der Waals surface area contributed by atoms with Gasteiger partial charge in [-0.15, -0.1) is 10.2 Å². The molecule has 8 nitrogen and oxygen atoms in total. The van der Waals surface area contributed by atoms with Crippen molar-refractivity contribution in [3.8, 4) is 6.07 Å². The molecule has 5 rings (SSSR count). The van der Waals surface area contributed by atoms with Crippen molar-refractivity contribution < 1.29 is 9.18 Å². The van der Waals surface area contributed by atoms with E-state index in [4.69, 9.17) is 23.2 Å². The Labute approximate surface area is 261 Å². The quantitative estimate of drug-likeness (QED) is 0.268. The van der Waals surface area contributed by atoms with Crippen molar-refractivity contribution in [3.05, 3.63) is 98.8 Å². The summed E-state index contributed by atoms with van der Waals surface area (Å²) in [6.45, 7) is 8.02. The van der Waals surface area contributed by atoms with Crippen LogP contribution in [0.5, 0.6) is 0 Å². The zero-order chi connectivity index (χ0) is 31.1. The number of carbonyl (C=O) groups excluding carboxylic acids is 1. The molecule has 1 amide bonds. The molecule has 0 spiro atoms. The van der Waals surface area contributed by atoms with Gasteiger partial charge in [-0.1, -0.05) is 62.2 Å². The molecule has 4 N–H and O–H groups in total. The molecule has 0 aliphatic carbocycles. The van der Waals surface area contributed by atoms with Gasteiger partial charge in [-0.25, -0.2) is 9.93 Å². The van der Waals surface area contributed by atoms with Crippen LogP contribution in [-0.2, 0) is 10.2 Å². The molecule has 0 aromatic heterocycles. The number of halogens is 3. The van der Waals surface area contributed by atoms with E-state index in [1.807, 2.05) is 25.1 Å². The number of nitrogens with zero attached hydrogens (tertiary/aromatic N) is 3. The molecule has 4 atom stereocenters. The number of hydrazine groups is 2. The molecule has 0 bridgehead atoms. The molecule has 2 aliphatic rings. The van der Waals surface area contributed by atoms with Gasteiger partial charge in [0.1, 0.15) is 11.2 Å². The first-order chi connectivity index (χ1) is 20.3. The van der Waals surface area contributed by atoms with Crippen LogP contribution in [-0.4, -0.2) is 36.0 Å². The Hall–Kier alpha value is -3.68. The lowest BCUT2D eigenvalue weighted by Gasteiger charge is -2.38. The second kappa shape index (κ2) is 11.8. The number of anilines is 1. The van der Waals surface area contributed by atoms with Crippen LogP contribution in [0.3, 0.4) is 0 Å². The molecule has 3 aromatic carbocycles. The van der Waals surface area contributed by atoms with Crippen molar-refractivity contribution in [3.63, 3.8) is 0 Å². The van der Waals surface area contributed by atoms with Crippen molar-refractivity contribution in [1.82, 2.24) is 21.4 Å². The number of benzene rings is 3. The van der Waals surface area contributed by atoms with E-state index in [2.05, 4.69) is 53.5 Å². The third kappa shape index (κ3) is 5.93. The number of nitriles is 1. The summed E-state index contributed by atoms with van der Waals surface area (Å²) in [5.74, 6) is -1.08. The fourth-order valence-electron chi connectivity index (χ4n) is 6.15. The van der Waals surface area contributed by atoms with E-state index in [1.165, 1.54) is 6.07 Å². The van der Waals surface area contributed by atoms with E-state index in [9.17, 15) is 10.1 Å². The molecule has 0 unspecified atom stereocenters. The molecule has 1 saturated heterocycles. The van der Waals surface area contributed by atoms with Crippen LogP contribution in [0.2, 0.25) is 10.0 Å². The minimum atomic E-state index is -1.46. The molecule has 2 aliphatic heterocycles. The van der Waals surface area contributed by atoms with Gasteiger partial charge < -0.3 is 10.6 Å². The first-order valence-electron chi connectivity index (χ1n) is 14.0. The Balaban J connectivity index is 1.61. The largest absolute Gasteiger partial charge is 0.325 e. The normalized spacial score (nSPS) is 23.7. The highest BCUT2D eigenvalue weighted by Crippen LogP contribution is 2.53. The van der Waals surface area contributed by atoms with E-state index >= 15 is 4.39 Å². The Morgan fingerprint density at radius 2 is 1.88 bits per heavy atom. The van der Waals surface area contributed by atoms with Crippen LogP contribution in [0, 0.1) is 29.5 Å². The zero-order valence-electron chi connectivity index (χ0n) is 24.6. The van der Waals surface area contributed by atoms with Gasteiger partial charge in [-0.05, 0) is 72.4 Å². The lowest BCUT2D eigenvalue weighted by atomic mass is 9.62. The predicted octanol–water partition coefficient (Wildman–Crippen LogP) is 6.02. The monoisotopic (exact) mass is 621 g/mol. The maximum Gasteiger partial charge on any atom is 0.242 e. The average molecular weight is 623 g/mol. The van der Waals surface area contributed by atoms with Crippen LogP contribution in [0.1, 0.15) is 55.4 Å². The molecule has 43 heavy (non-hydrogen) atoms. The highest BCUT2D eigenvalue weighted by atomic mass is 35.5. The van der Waals surface area contributed by atoms with E-state index < -0.39 is 29.2 Å². The third-order valence-electron chi connectivity index (χ3n) is 8.07. The summed E-state index contributed by atoms with van der Waals surface area (Å²) < 4.78 is 15.9. The summed E-state index contributed by atoms with van der Waals surface area (Å²) in [5.41, 5.74) is 7.16. The standard InChI is InChI=1S/C32H34Cl2FN7O/c1-18-22(7-6-8-24(18)34)27-28(30(43)37-21-12-9-19(10-13-21)29-39-41-42(5)40-29)38-26(16-31(2,3)4)32(27,17-36)23-14-11-20(33)15-25(23)35/h6-15,26-28,38,41H,16H2,1-5H3,(H,37,43)(H,39,40)/t26-,27-,28+,32-/m0/s1. The van der Waals surface area contributed by atoms with Gasteiger partial charge in [0.05, 0.1) is 12.1 Å². The van der Waals surface area contributed by atoms with E-state index in [0.29, 0.717) is 28.5 Å². The number of hydrogen-bond acceptors (Lipinski definition) is 7. The summed E-state index contributed by atoms with van der Waals surface area (Å²) in [4.78, 5) is 14.2. The molecule has 0 saturated carbocycles.